The topological polar surface area (TPSA) is 35.5 Å². The molecule has 0 unspecified atom stereocenters. The predicted molar refractivity (Wildman–Crippen MR) is 125 cm³/mol. The van der Waals surface area contributed by atoms with E-state index >= 15 is 0 Å². The van der Waals surface area contributed by atoms with E-state index < -0.39 is 49.1 Å². The molecule has 0 spiro atoms. The van der Waals surface area contributed by atoms with Crippen molar-refractivity contribution in [2.24, 2.45) is 0 Å². The van der Waals surface area contributed by atoms with Crippen molar-refractivity contribution in [2.45, 2.75) is 38.9 Å². The quantitative estimate of drug-likeness (QED) is 0.0966. The van der Waals surface area contributed by atoms with Crippen LogP contribution < -0.4 is 4.74 Å². The fourth-order valence-corrected chi connectivity index (χ4v) is 3.44. The summed E-state index contributed by atoms with van der Waals surface area (Å²) in [5.41, 5.74) is 0. The summed E-state index contributed by atoms with van der Waals surface area (Å²) in [6, 6.07) is 0. The smallest absolute Gasteiger partial charge is 0.420 e. The molecule has 10 heteroatoms. The number of carbonyl (C=O) groups excluding carboxylic acids is 1. The summed E-state index contributed by atoms with van der Waals surface area (Å²) in [6.07, 6.45) is 17.9. The molecule has 36 heavy (non-hydrogen) atoms. The zero-order valence-electron chi connectivity index (χ0n) is 20.4. The van der Waals surface area contributed by atoms with Crippen molar-refractivity contribution in [3.8, 4) is 5.75 Å². The number of halogens is 5. The molecule has 3 rings (SSSR count). The Labute approximate surface area is 222 Å². The van der Waals surface area contributed by atoms with E-state index in [2.05, 4.69) is 63.6 Å². The van der Waals surface area contributed by atoms with Gasteiger partial charge in [-0.05, 0) is 69.5 Å². The predicted octanol–water partition coefficient (Wildman–Crippen LogP) is 6.66. The van der Waals surface area contributed by atoms with Gasteiger partial charge in [0, 0.05) is 5.92 Å². The molecule has 0 aliphatic heterocycles. The third-order valence-corrected chi connectivity index (χ3v) is 10.1. The van der Waals surface area contributed by atoms with Crippen molar-refractivity contribution < 1.29 is 53.0 Å². The van der Waals surface area contributed by atoms with Crippen LogP contribution in [0, 0.1) is 92.3 Å². The SMILES string of the molecule is CC(C)(C)[Si](C)(C)OC/C=C/[C]1[CH][CH][CH][CH]1.O=C(Oc1c(F)c(F)c(F)c(F)c1F)[C]1[CH][CH][CH][CH]1.[Fe+2]. The normalized spacial score (nSPS) is 17.2. The van der Waals surface area contributed by atoms with Crippen LogP contribution in [0.25, 0.3) is 0 Å². The molecular weight excluding hydrogens is 539 g/mol. The first-order chi connectivity index (χ1) is 16.3. The minimum atomic E-state index is -2.32. The fraction of sp³-hybridized carbons (Fsp3) is 0.269. The molecule has 2 saturated carbocycles. The van der Waals surface area contributed by atoms with Crippen molar-refractivity contribution in [2.75, 3.05) is 6.61 Å². The Kier molecular flexibility index (Phi) is 12.8. The molecule has 2 fully saturated rings. The van der Waals surface area contributed by atoms with Crippen LogP contribution in [0.4, 0.5) is 22.0 Å². The zero-order chi connectivity index (χ0) is 26.4. The van der Waals surface area contributed by atoms with E-state index in [1.807, 2.05) is 12.8 Å². The summed E-state index contributed by atoms with van der Waals surface area (Å²) in [5.74, 6) is -12.7. The molecule has 10 radical (unpaired) electrons. The number of hydrogen-bond donors (Lipinski definition) is 0. The Morgan fingerprint density at radius 2 is 1.28 bits per heavy atom. The molecule has 0 N–H and O–H groups in total. The van der Waals surface area contributed by atoms with Crippen molar-refractivity contribution in [1.82, 2.24) is 0 Å². The van der Waals surface area contributed by atoms with Gasteiger partial charge >= 0.3 is 23.0 Å². The third kappa shape index (κ3) is 8.67. The van der Waals surface area contributed by atoms with Crippen LogP contribution in [-0.2, 0) is 26.3 Å². The van der Waals surface area contributed by atoms with Gasteiger partial charge in [-0.3, -0.25) is 4.79 Å². The minimum absolute atomic E-state index is 0. The van der Waals surface area contributed by atoms with Crippen LogP contribution in [0.2, 0.25) is 18.1 Å². The van der Waals surface area contributed by atoms with Gasteiger partial charge < -0.3 is 9.16 Å². The van der Waals surface area contributed by atoms with E-state index in [1.54, 1.807) is 0 Å². The molecule has 2 aliphatic carbocycles. The molecule has 0 saturated heterocycles. The summed E-state index contributed by atoms with van der Waals surface area (Å²) in [6.45, 7) is 12.1. The standard InChI is InChI=1S/C14H23OSi.C12H4F5O2.Fe/c1-14(2,3)16(4,5)15-12-8-11-13-9-6-7-10-13;13-6-7(14)9(16)11(10(17)8(6)15)19-12(18)5-3-1-2-4-5;/h6-11H,12H2,1-5H3;1-4H;/q;;+2/b11-8+;;. The molecule has 0 atom stereocenters. The fourth-order valence-electron chi connectivity index (χ4n) is 2.49. The van der Waals surface area contributed by atoms with Gasteiger partial charge in [0.25, 0.3) is 0 Å². The minimum Gasteiger partial charge on any atom is -0.420 e. The van der Waals surface area contributed by atoms with Crippen molar-refractivity contribution in [3.05, 3.63) is 104 Å². The Balaban J connectivity index is 0.000000356. The third-order valence-electron chi connectivity index (χ3n) is 5.61. The van der Waals surface area contributed by atoms with E-state index in [0.717, 1.165) is 6.61 Å². The van der Waals surface area contributed by atoms with Gasteiger partial charge in [-0.25, -0.2) is 13.2 Å². The number of benzene rings is 1. The van der Waals surface area contributed by atoms with E-state index in [1.165, 1.54) is 31.6 Å². The van der Waals surface area contributed by atoms with Crippen molar-refractivity contribution >= 4 is 14.3 Å². The van der Waals surface area contributed by atoms with Gasteiger partial charge in [-0.1, -0.05) is 32.9 Å². The van der Waals surface area contributed by atoms with Crippen LogP contribution in [0.1, 0.15) is 20.8 Å². The number of rotatable bonds is 6. The summed E-state index contributed by atoms with van der Waals surface area (Å²) in [4.78, 5) is 11.4. The van der Waals surface area contributed by atoms with E-state index in [9.17, 15) is 26.7 Å². The Morgan fingerprint density at radius 1 is 0.833 bits per heavy atom. The first-order valence-electron chi connectivity index (χ1n) is 10.7. The molecule has 1 aromatic carbocycles. The Bertz CT molecular complexity index is 877. The average molecular weight is 566 g/mol. The van der Waals surface area contributed by atoms with Gasteiger partial charge in [-0.2, -0.15) is 8.78 Å². The van der Waals surface area contributed by atoms with Gasteiger partial charge in [-0.15, -0.1) is 0 Å². The molecule has 0 amide bonds. The maximum Gasteiger partial charge on any atom is 2.00 e. The second-order valence-corrected chi connectivity index (χ2v) is 14.0. The van der Waals surface area contributed by atoms with Crippen LogP contribution in [0.3, 0.4) is 0 Å². The zero-order valence-corrected chi connectivity index (χ0v) is 22.6. The number of ether oxygens (including phenoxy) is 1. The Morgan fingerprint density at radius 3 is 1.75 bits per heavy atom. The largest absolute Gasteiger partial charge is 2.00 e. The molecule has 1 aromatic rings. The second-order valence-electron chi connectivity index (χ2n) is 9.15. The summed E-state index contributed by atoms with van der Waals surface area (Å²) in [5, 5.41) is 0.293. The second kappa shape index (κ2) is 14.1. The molecule has 3 nitrogen and oxygen atoms in total. The number of hydrogen-bond acceptors (Lipinski definition) is 3. The number of carbonyl (C=O) groups is 1. The molecule has 194 valence electrons. The van der Waals surface area contributed by atoms with Crippen molar-refractivity contribution in [1.29, 1.82) is 0 Å². The monoisotopic (exact) mass is 566 g/mol. The molecular formula is C26H27F5FeO3Si+2. The first-order valence-corrected chi connectivity index (χ1v) is 13.6. The molecule has 0 bridgehead atoms. The first kappa shape index (κ1) is 32.8. The Hall–Kier alpha value is -1.22. The maximum atomic E-state index is 13.2. The molecule has 0 heterocycles. The van der Waals surface area contributed by atoms with Crippen LogP contribution >= 0.6 is 0 Å². The van der Waals surface area contributed by atoms with Crippen LogP contribution in [0.5, 0.6) is 5.75 Å². The molecule has 0 aromatic heterocycles. The van der Waals surface area contributed by atoms with Gasteiger partial charge in [0.15, 0.2) is 8.32 Å². The van der Waals surface area contributed by atoms with E-state index in [0.29, 0.717) is 5.04 Å². The van der Waals surface area contributed by atoms with Gasteiger partial charge in [0.2, 0.25) is 34.8 Å². The summed E-state index contributed by atoms with van der Waals surface area (Å²) >= 11 is 0. The van der Waals surface area contributed by atoms with Gasteiger partial charge in [0.1, 0.15) is 0 Å². The van der Waals surface area contributed by atoms with Gasteiger partial charge in [0.05, 0.1) is 12.5 Å². The number of allylic oxidation sites excluding steroid dienone is 1. The molecule has 2 aliphatic rings. The van der Waals surface area contributed by atoms with Crippen LogP contribution in [-0.4, -0.2) is 20.9 Å². The maximum absolute atomic E-state index is 13.2. The average Bonchev–Trinajstić information content (AvgIpc) is 3.51. The van der Waals surface area contributed by atoms with E-state index in [4.69, 9.17) is 4.43 Å². The summed E-state index contributed by atoms with van der Waals surface area (Å²) < 4.78 is 75.1. The van der Waals surface area contributed by atoms with Crippen LogP contribution in [0.15, 0.2) is 12.2 Å². The van der Waals surface area contributed by atoms with Crippen molar-refractivity contribution in [3.63, 3.8) is 0 Å². The summed E-state index contributed by atoms with van der Waals surface area (Å²) in [7, 11) is -1.58. The number of esters is 1. The van der Waals surface area contributed by atoms with E-state index in [-0.39, 0.29) is 23.0 Å².